The highest BCUT2D eigenvalue weighted by atomic mass is 19.2. The Hall–Kier alpha value is -3.03. The highest BCUT2D eigenvalue weighted by Crippen LogP contribution is 2.20. The molecule has 0 radical (unpaired) electrons. The van der Waals surface area contributed by atoms with Crippen molar-refractivity contribution < 1.29 is 27.5 Å². The first-order chi connectivity index (χ1) is 11.9. The molecule has 2 aromatic rings. The van der Waals surface area contributed by atoms with Crippen molar-refractivity contribution in [3.05, 3.63) is 65.0 Å². The van der Waals surface area contributed by atoms with Crippen LogP contribution in [0, 0.1) is 17.5 Å². The summed E-state index contributed by atoms with van der Waals surface area (Å²) in [7, 11) is 2.61. The van der Waals surface area contributed by atoms with Gasteiger partial charge in [-0.2, -0.15) is 0 Å². The Labute approximate surface area is 141 Å². The summed E-state index contributed by atoms with van der Waals surface area (Å²) < 4.78 is 45.0. The second-order valence-electron chi connectivity index (χ2n) is 5.04. The third-order valence-corrected chi connectivity index (χ3v) is 3.47. The lowest BCUT2D eigenvalue weighted by Crippen LogP contribution is -2.39. The van der Waals surface area contributed by atoms with Gasteiger partial charge >= 0.3 is 0 Å². The fraction of sp³-hybridized carbons (Fsp3) is 0.176. The number of ether oxygens (including phenoxy) is 1. The standard InChI is InChI=1S/C17H15F3N2O3/c1-21-17(24)15(9-3-5-11(18)12(19)7-9)22-16(23)10-4-6-14(25-2)13(20)8-10/h3-8,15H,1-2H3,(H,21,24)(H,22,23)/t15-/m0/s1. The molecule has 0 aliphatic carbocycles. The van der Waals surface area contributed by atoms with Gasteiger partial charge in [0.25, 0.3) is 5.91 Å². The highest BCUT2D eigenvalue weighted by Gasteiger charge is 2.24. The molecule has 2 amide bonds. The van der Waals surface area contributed by atoms with Gasteiger partial charge in [-0.25, -0.2) is 13.2 Å². The lowest BCUT2D eigenvalue weighted by Gasteiger charge is -2.18. The van der Waals surface area contributed by atoms with Crippen molar-refractivity contribution in [3.8, 4) is 5.75 Å². The Kier molecular flexibility index (Phi) is 5.63. The van der Waals surface area contributed by atoms with E-state index in [4.69, 9.17) is 4.74 Å². The lowest BCUT2D eigenvalue weighted by atomic mass is 10.0. The van der Waals surface area contributed by atoms with Crippen molar-refractivity contribution in [2.45, 2.75) is 6.04 Å². The molecule has 132 valence electrons. The van der Waals surface area contributed by atoms with Crippen LogP contribution in [0.15, 0.2) is 36.4 Å². The Morgan fingerprint density at radius 2 is 1.72 bits per heavy atom. The molecule has 0 unspecified atom stereocenters. The minimum Gasteiger partial charge on any atom is -0.494 e. The summed E-state index contributed by atoms with van der Waals surface area (Å²) >= 11 is 0. The second kappa shape index (κ2) is 7.69. The lowest BCUT2D eigenvalue weighted by molar-refractivity contribution is -0.122. The van der Waals surface area contributed by atoms with Gasteiger partial charge in [0.2, 0.25) is 5.91 Å². The minimum absolute atomic E-state index is 0.0417. The van der Waals surface area contributed by atoms with E-state index < -0.39 is 35.3 Å². The van der Waals surface area contributed by atoms with Gasteiger partial charge in [0.05, 0.1) is 7.11 Å². The average Bonchev–Trinajstić information content (AvgIpc) is 2.61. The topological polar surface area (TPSA) is 67.4 Å². The van der Waals surface area contributed by atoms with Crippen LogP contribution in [-0.2, 0) is 4.79 Å². The number of benzene rings is 2. The van der Waals surface area contributed by atoms with Crippen LogP contribution >= 0.6 is 0 Å². The number of methoxy groups -OCH3 is 1. The van der Waals surface area contributed by atoms with E-state index in [9.17, 15) is 22.8 Å². The molecule has 25 heavy (non-hydrogen) atoms. The molecule has 0 saturated heterocycles. The van der Waals surface area contributed by atoms with Crippen LogP contribution in [0.1, 0.15) is 22.0 Å². The van der Waals surface area contributed by atoms with E-state index >= 15 is 0 Å². The number of hydrogen-bond donors (Lipinski definition) is 2. The van der Waals surface area contributed by atoms with E-state index in [-0.39, 0.29) is 16.9 Å². The zero-order valence-electron chi connectivity index (χ0n) is 13.4. The van der Waals surface area contributed by atoms with Gasteiger partial charge in [-0.05, 0) is 35.9 Å². The first-order valence-corrected chi connectivity index (χ1v) is 7.18. The summed E-state index contributed by atoms with van der Waals surface area (Å²) in [6, 6.07) is 5.06. The summed E-state index contributed by atoms with van der Waals surface area (Å²) in [5.41, 5.74) is -0.0182. The molecule has 0 aliphatic heterocycles. The monoisotopic (exact) mass is 352 g/mol. The quantitative estimate of drug-likeness (QED) is 0.868. The van der Waals surface area contributed by atoms with Gasteiger partial charge < -0.3 is 15.4 Å². The van der Waals surface area contributed by atoms with Crippen LogP contribution in [0.2, 0.25) is 0 Å². The van der Waals surface area contributed by atoms with Gasteiger partial charge in [-0.3, -0.25) is 9.59 Å². The molecular weight excluding hydrogens is 337 g/mol. The van der Waals surface area contributed by atoms with Gasteiger partial charge in [0, 0.05) is 12.6 Å². The predicted molar refractivity (Wildman–Crippen MR) is 83.6 cm³/mol. The molecule has 0 aliphatic rings. The first kappa shape index (κ1) is 18.3. The average molecular weight is 352 g/mol. The van der Waals surface area contributed by atoms with Crippen molar-refractivity contribution in [1.82, 2.24) is 10.6 Å². The Morgan fingerprint density at radius 1 is 1.00 bits per heavy atom. The van der Waals surface area contributed by atoms with E-state index in [1.54, 1.807) is 0 Å². The molecule has 2 rings (SSSR count). The fourth-order valence-electron chi connectivity index (χ4n) is 2.16. The number of hydrogen-bond acceptors (Lipinski definition) is 3. The molecule has 0 saturated carbocycles. The number of rotatable bonds is 5. The third kappa shape index (κ3) is 4.09. The molecule has 0 aromatic heterocycles. The molecule has 1 atom stereocenters. The van der Waals surface area contributed by atoms with Gasteiger partial charge in [-0.15, -0.1) is 0 Å². The van der Waals surface area contributed by atoms with Crippen LogP contribution in [0.5, 0.6) is 5.75 Å². The number of halogens is 3. The molecule has 0 heterocycles. The third-order valence-electron chi connectivity index (χ3n) is 3.47. The number of carbonyl (C=O) groups excluding carboxylic acids is 2. The van der Waals surface area contributed by atoms with Crippen molar-refractivity contribution >= 4 is 11.8 Å². The first-order valence-electron chi connectivity index (χ1n) is 7.18. The smallest absolute Gasteiger partial charge is 0.252 e. The number of amides is 2. The molecular formula is C17H15F3N2O3. The summed E-state index contributed by atoms with van der Waals surface area (Å²) in [6.45, 7) is 0. The number of likely N-dealkylation sites (N-methyl/N-ethyl adjacent to an activating group) is 1. The van der Waals surface area contributed by atoms with Gasteiger partial charge in [-0.1, -0.05) is 6.07 Å². The van der Waals surface area contributed by atoms with E-state index in [1.165, 1.54) is 32.4 Å². The molecule has 2 N–H and O–H groups in total. The van der Waals surface area contributed by atoms with E-state index in [0.717, 1.165) is 18.2 Å². The largest absolute Gasteiger partial charge is 0.494 e. The Bertz CT molecular complexity index is 812. The Balaban J connectivity index is 2.30. The SMILES string of the molecule is CNC(=O)[C@@H](NC(=O)c1ccc(OC)c(F)c1)c1ccc(F)c(F)c1. The van der Waals surface area contributed by atoms with E-state index in [1.807, 2.05) is 0 Å². The van der Waals surface area contributed by atoms with Gasteiger partial charge in [0.1, 0.15) is 6.04 Å². The van der Waals surface area contributed by atoms with Gasteiger partial charge in [0.15, 0.2) is 23.2 Å². The molecule has 5 nitrogen and oxygen atoms in total. The molecule has 8 heteroatoms. The maximum Gasteiger partial charge on any atom is 0.252 e. The number of carbonyl (C=O) groups is 2. The maximum absolute atomic E-state index is 13.7. The van der Waals surface area contributed by atoms with E-state index in [2.05, 4.69) is 10.6 Å². The molecule has 2 aromatic carbocycles. The Morgan fingerprint density at radius 3 is 2.28 bits per heavy atom. The van der Waals surface area contributed by atoms with E-state index in [0.29, 0.717) is 0 Å². The highest BCUT2D eigenvalue weighted by molar-refractivity contribution is 5.98. The second-order valence-corrected chi connectivity index (χ2v) is 5.04. The molecule has 0 spiro atoms. The van der Waals surface area contributed by atoms with Crippen molar-refractivity contribution in [1.29, 1.82) is 0 Å². The van der Waals surface area contributed by atoms with Crippen molar-refractivity contribution in [2.75, 3.05) is 14.2 Å². The summed E-state index contributed by atoms with van der Waals surface area (Å²) in [5, 5.41) is 4.68. The zero-order chi connectivity index (χ0) is 18.6. The van der Waals surface area contributed by atoms with Crippen molar-refractivity contribution in [2.24, 2.45) is 0 Å². The molecule has 0 bridgehead atoms. The van der Waals surface area contributed by atoms with Crippen LogP contribution in [-0.4, -0.2) is 26.0 Å². The van der Waals surface area contributed by atoms with Crippen LogP contribution in [0.3, 0.4) is 0 Å². The minimum atomic E-state index is -1.28. The fourth-order valence-corrected chi connectivity index (χ4v) is 2.16. The summed E-state index contributed by atoms with van der Waals surface area (Å²) in [6.07, 6.45) is 0. The maximum atomic E-state index is 13.7. The normalized spacial score (nSPS) is 11.6. The molecule has 0 fully saturated rings. The zero-order valence-corrected chi connectivity index (χ0v) is 13.4. The van der Waals surface area contributed by atoms with Crippen LogP contribution < -0.4 is 15.4 Å². The van der Waals surface area contributed by atoms with Crippen LogP contribution in [0.25, 0.3) is 0 Å². The summed E-state index contributed by atoms with van der Waals surface area (Å²) in [4.78, 5) is 24.3. The number of nitrogens with one attached hydrogen (secondary N) is 2. The summed E-state index contributed by atoms with van der Waals surface area (Å²) in [5.74, 6) is -4.44. The van der Waals surface area contributed by atoms with Crippen molar-refractivity contribution in [3.63, 3.8) is 0 Å². The predicted octanol–water partition coefficient (Wildman–Crippen LogP) is 2.33. The van der Waals surface area contributed by atoms with Crippen LogP contribution in [0.4, 0.5) is 13.2 Å².